The molecule has 0 bridgehead atoms. The van der Waals surface area contributed by atoms with Crippen LogP contribution in [0, 0.1) is 0 Å². The van der Waals surface area contributed by atoms with Gasteiger partial charge in [0, 0.05) is 12.4 Å². The van der Waals surface area contributed by atoms with Gasteiger partial charge in [0.2, 0.25) is 0 Å². The third-order valence-electron chi connectivity index (χ3n) is 3.15. The first-order valence-electron chi connectivity index (χ1n) is 5.80. The molecule has 0 spiro atoms. The van der Waals surface area contributed by atoms with E-state index < -0.39 is 0 Å². The second-order valence-corrected chi connectivity index (χ2v) is 4.10. The first-order valence-corrected chi connectivity index (χ1v) is 5.80. The lowest BCUT2D eigenvalue weighted by atomic mass is 9.93. The Kier molecular flexibility index (Phi) is 3.19. The number of nitrogens with two attached hydrogens (primary N) is 1. The number of aromatic nitrogens is 4. The number of nitrogens with one attached hydrogen (secondary N) is 1. The second-order valence-electron chi connectivity index (χ2n) is 4.10. The van der Waals surface area contributed by atoms with Crippen molar-refractivity contribution < 1.29 is 0 Å². The van der Waals surface area contributed by atoms with Crippen molar-refractivity contribution in [2.24, 2.45) is 5.73 Å². The SMILES string of the molecule is CCC(N)(CC)c1ncc(-c2cnccn2)[nH]1. The molecule has 0 unspecified atom stereocenters. The molecule has 5 nitrogen and oxygen atoms in total. The minimum atomic E-state index is -0.388. The fourth-order valence-corrected chi connectivity index (χ4v) is 1.73. The summed E-state index contributed by atoms with van der Waals surface area (Å²) in [6.07, 6.45) is 8.45. The summed E-state index contributed by atoms with van der Waals surface area (Å²) in [4.78, 5) is 15.8. The van der Waals surface area contributed by atoms with Gasteiger partial charge in [-0.2, -0.15) is 0 Å². The van der Waals surface area contributed by atoms with Crippen LogP contribution in [-0.4, -0.2) is 19.9 Å². The van der Waals surface area contributed by atoms with E-state index in [9.17, 15) is 0 Å². The molecule has 0 amide bonds. The summed E-state index contributed by atoms with van der Waals surface area (Å²) in [7, 11) is 0. The number of imidazole rings is 1. The van der Waals surface area contributed by atoms with Crippen LogP contribution in [-0.2, 0) is 5.54 Å². The summed E-state index contributed by atoms with van der Waals surface area (Å²) in [5.74, 6) is 0.808. The van der Waals surface area contributed by atoms with Gasteiger partial charge >= 0.3 is 0 Å². The monoisotopic (exact) mass is 231 g/mol. The number of nitrogens with zero attached hydrogens (tertiary/aromatic N) is 3. The molecule has 0 aliphatic carbocycles. The Morgan fingerprint density at radius 3 is 2.53 bits per heavy atom. The topological polar surface area (TPSA) is 80.5 Å². The van der Waals surface area contributed by atoms with Gasteiger partial charge in [-0.25, -0.2) is 4.98 Å². The van der Waals surface area contributed by atoms with E-state index in [-0.39, 0.29) is 5.54 Å². The van der Waals surface area contributed by atoms with Gasteiger partial charge in [-0.1, -0.05) is 13.8 Å². The molecule has 5 heteroatoms. The minimum Gasteiger partial charge on any atom is -0.339 e. The van der Waals surface area contributed by atoms with Crippen molar-refractivity contribution in [2.45, 2.75) is 32.2 Å². The van der Waals surface area contributed by atoms with Crippen LogP contribution in [0.2, 0.25) is 0 Å². The van der Waals surface area contributed by atoms with Crippen LogP contribution < -0.4 is 5.73 Å². The standard InChI is InChI=1S/C12H17N5/c1-3-12(13,4-2)11-16-8-10(17-11)9-7-14-5-6-15-9/h5-8H,3-4,13H2,1-2H3,(H,16,17). The number of aromatic amines is 1. The fourth-order valence-electron chi connectivity index (χ4n) is 1.73. The Bertz CT molecular complexity index is 473. The van der Waals surface area contributed by atoms with E-state index in [1.165, 1.54) is 0 Å². The normalized spacial score (nSPS) is 11.7. The maximum Gasteiger partial charge on any atom is 0.126 e. The molecule has 0 radical (unpaired) electrons. The first-order chi connectivity index (χ1) is 8.19. The molecule has 0 saturated heterocycles. The highest BCUT2D eigenvalue weighted by Gasteiger charge is 2.26. The van der Waals surface area contributed by atoms with Crippen molar-refractivity contribution in [2.75, 3.05) is 0 Å². The van der Waals surface area contributed by atoms with E-state index in [1.807, 2.05) is 0 Å². The largest absolute Gasteiger partial charge is 0.339 e. The maximum atomic E-state index is 6.28. The molecule has 0 atom stereocenters. The van der Waals surface area contributed by atoms with Crippen molar-refractivity contribution in [3.8, 4) is 11.4 Å². The summed E-state index contributed by atoms with van der Waals surface area (Å²) >= 11 is 0. The number of hydrogen-bond acceptors (Lipinski definition) is 4. The van der Waals surface area contributed by atoms with Crippen LogP contribution in [0.4, 0.5) is 0 Å². The molecule has 2 heterocycles. The van der Waals surface area contributed by atoms with E-state index in [0.717, 1.165) is 30.1 Å². The van der Waals surface area contributed by atoms with E-state index in [1.54, 1.807) is 24.8 Å². The fraction of sp³-hybridized carbons (Fsp3) is 0.417. The highest BCUT2D eigenvalue weighted by atomic mass is 15.0. The lowest BCUT2D eigenvalue weighted by Gasteiger charge is -2.23. The lowest BCUT2D eigenvalue weighted by molar-refractivity contribution is 0.391. The van der Waals surface area contributed by atoms with E-state index in [0.29, 0.717) is 0 Å². The molecule has 0 aromatic carbocycles. The molecule has 90 valence electrons. The minimum absolute atomic E-state index is 0.388. The summed E-state index contributed by atoms with van der Waals surface area (Å²) in [5.41, 5.74) is 7.52. The summed E-state index contributed by atoms with van der Waals surface area (Å²) in [6, 6.07) is 0. The average Bonchev–Trinajstić information content (AvgIpc) is 2.89. The summed E-state index contributed by atoms with van der Waals surface area (Å²) < 4.78 is 0. The first kappa shape index (κ1) is 11.7. The summed E-state index contributed by atoms with van der Waals surface area (Å²) in [5, 5.41) is 0. The van der Waals surface area contributed by atoms with Crippen molar-refractivity contribution in [3.63, 3.8) is 0 Å². The molecular formula is C12H17N5. The van der Waals surface area contributed by atoms with Crippen molar-refractivity contribution in [3.05, 3.63) is 30.6 Å². The van der Waals surface area contributed by atoms with Crippen LogP contribution in [0.25, 0.3) is 11.4 Å². The number of H-pyrrole nitrogens is 1. The molecule has 17 heavy (non-hydrogen) atoms. The quantitative estimate of drug-likeness (QED) is 0.841. The van der Waals surface area contributed by atoms with Gasteiger partial charge in [0.05, 0.1) is 23.6 Å². The van der Waals surface area contributed by atoms with Gasteiger partial charge in [0.1, 0.15) is 11.5 Å². The highest BCUT2D eigenvalue weighted by molar-refractivity contribution is 5.51. The van der Waals surface area contributed by atoms with E-state index >= 15 is 0 Å². The summed E-state index contributed by atoms with van der Waals surface area (Å²) in [6.45, 7) is 4.13. The molecule has 0 fully saturated rings. The molecule has 2 aromatic heterocycles. The van der Waals surface area contributed by atoms with Crippen LogP contribution in [0.5, 0.6) is 0 Å². The Morgan fingerprint density at radius 1 is 1.18 bits per heavy atom. The smallest absolute Gasteiger partial charge is 0.126 e. The molecular weight excluding hydrogens is 214 g/mol. The Balaban J connectivity index is 2.34. The van der Waals surface area contributed by atoms with E-state index in [2.05, 4.69) is 33.8 Å². The number of rotatable bonds is 4. The van der Waals surface area contributed by atoms with Crippen LogP contribution in [0.15, 0.2) is 24.8 Å². The van der Waals surface area contributed by atoms with Crippen molar-refractivity contribution in [1.82, 2.24) is 19.9 Å². The predicted molar refractivity (Wildman–Crippen MR) is 66.1 cm³/mol. The van der Waals surface area contributed by atoms with Gasteiger partial charge in [-0.05, 0) is 12.8 Å². The average molecular weight is 231 g/mol. The van der Waals surface area contributed by atoms with E-state index in [4.69, 9.17) is 5.73 Å². The van der Waals surface area contributed by atoms with Crippen LogP contribution >= 0.6 is 0 Å². The molecule has 3 N–H and O–H groups in total. The third-order valence-corrected chi connectivity index (χ3v) is 3.15. The molecule has 2 rings (SSSR count). The molecule has 0 aliphatic heterocycles. The number of hydrogen-bond donors (Lipinski definition) is 2. The zero-order chi connectivity index (χ0) is 12.3. The predicted octanol–water partition coefficient (Wildman–Crippen LogP) is 1.84. The maximum absolute atomic E-state index is 6.28. The van der Waals surface area contributed by atoms with Crippen LogP contribution in [0.1, 0.15) is 32.5 Å². The van der Waals surface area contributed by atoms with Gasteiger partial charge < -0.3 is 10.7 Å². The van der Waals surface area contributed by atoms with Crippen molar-refractivity contribution >= 4 is 0 Å². The third kappa shape index (κ3) is 2.19. The lowest BCUT2D eigenvalue weighted by Crippen LogP contribution is -2.36. The second kappa shape index (κ2) is 4.63. The molecule has 0 aliphatic rings. The Hall–Kier alpha value is -1.75. The zero-order valence-corrected chi connectivity index (χ0v) is 10.1. The van der Waals surface area contributed by atoms with Gasteiger partial charge in [0.15, 0.2) is 0 Å². The van der Waals surface area contributed by atoms with Crippen LogP contribution in [0.3, 0.4) is 0 Å². The molecule has 2 aromatic rings. The Morgan fingerprint density at radius 2 is 1.94 bits per heavy atom. The van der Waals surface area contributed by atoms with Gasteiger partial charge in [-0.3, -0.25) is 9.97 Å². The zero-order valence-electron chi connectivity index (χ0n) is 10.1. The van der Waals surface area contributed by atoms with Crippen molar-refractivity contribution in [1.29, 1.82) is 0 Å². The van der Waals surface area contributed by atoms with Gasteiger partial charge in [0.25, 0.3) is 0 Å². The van der Waals surface area contributed by atoms with Gasteiger partial charge in [-0.15, -0.1) is 0 Å². The highest BCUT2D eigenvalue weighted by Crippen LogP contribution is 2.24. The molecule has 0 saturated carbocycles. The Labute approximate surface area is 101 Å².